The van der Waals surface area contributed by atoms with Gasteiger partial charge in [0.15, 0.2) is 5.65 Å². The van der Waals surface area contributed by atoms with E-state index in [1.807, 2.05) is 4.68 Å². The Morgan fingerprint density at radius 1 is 1.38 bits per heavy atom. The fourth-order valence-electron chi connectivity index (χ4n) is 1.40. The van der Waals surface area contributed by atoms with Gasteiger partial charge < -0.3 is 0 Å². The predicted molar refractivity (Wildman–Crippen MR) is 48.6 cm³/mol. The molecule has 1 fully saturated rings. The number of rotatable bonds is 1. The Balaban J connectivity index is 2.29. The molecule has 66 valence electrons. The first-order valence-electron chi connectivity index (χ1n) is 4.20. The van der Waals surface area contributed by atoms with Gasteiger partial charge >= 0.3 is 0 Å². The van der Waals surface area contributed by atoms with Gasteiger partial charge in [0.2, 0.25) is 5.28 Å². The van der Waals surface area contributed by atoms with E-state index in [0.29, 0.717) is 6.04 Å². The molecule has 13 heavy (non-hydrogen) atoms. The van der Waals surface area contributed by atoms with Crippen molar-refractivity contribution in [2.45, 2.75) is 18.9 Å². The molecule has 0 N–H and O–H groups in total. The third-order valence-corrected chi connectivity index (χ3v) is 2.38. The highest BCUT2D eigenvalue weighted by Gasteiger charge is 2.26. The van der Waals surface area contributed by atoms with Gasteiger partial charge in [0.25, 0.3) is 0 Å². The number of hydrogen-bond acceptors (Lipinski definition) is 3. The van der Waals surface area contributed by atoms with E-state index in [0.717, 1.165) is 11.0 Å². The zero-order valence-electron chi connectivity index (χ0n) is 6.81. The van der Waals surface area contributed by atoms with Gasteiger partial charge in [-0.25, -0.2) is 9.67 Å². The molecule has 0 radical (unpaired) electrons. The molecule has 4 nitrogen and oxygen atoms in total. The van der Waals surface area contributed by atoms with Gasteiger partial charge in [-0.3, -0.25) is 0 Å². The highest BCUT2D eigenvalue weighted by molar-refractivity contribution is 6.28. The van der Waals surface area contributed by atoms with Gasteiger partial charge in [-0.1, -0.05) is 0 Å². The average Bonchev–Trinajstić information content (AvgIpc) is 2.87. The minimum Gasteiger partial charge on any atom is -0.244 e. The molecule has 2 aromatic heterocycles. The summed E-state index contributed by atoms with van der Waals surface area (Å²) in [5.74, 6) is 0. The van der Waals surface area contributed by atoms with E-state index in [1.54, 1.807) is 12.4 Å². The van der Waals surface area contributed by atoms with Crippen molar-refractivity contribution in [3.63, 3.8) is 0 Å². The lowest BCUT2D eigenvalue weighted by Crippen LogP contribution is -1.97. The lowest BCUT2D eigenvalue weighted by Gasteiger charge is -1.97. The van der Waals surface area contributed by atoms with Gasteiger partial charge in [0.05, 0.1) is 17.6 Å². The number of halogens is 1. The number of nitrogens with zero attached hydrogens (tertiary/aromatic N) is 4. The van der Waals surface area contributed by atoms with E-state index in [1.165, 1.54) is 12.8 Å². The average molecular weight is 195 g/mol. The van der Waals surface area contributed by atoms with Crippen LogP contribution in [0.5, 0.6) is 0 Å². The van der Waals surface area contributed by atoms with E-state index in [9.17, 15) is 0 Å². The van der Waals surface area contributed by atoms with Gasteiger partial charge in [-0.2, -0.15) is 10.1 Å². The highest BCUT2D eigenvalue weighted by atomic mass is 35.5. The van der Waals surface area contributed by atoms with Gasteiger partial charge in [-0.15, -0.1) is 0 Å². The van der Waals surface area contributed by atoms with E-state index >= 15 is 0 Å². The van der Waals surface area contributed by atoms with Crippen LogP contribution in [0.15, 0.2) is 12.4 Å². The number of hydrogen-bond donors (Lipinski definition) is 0. The van der Waals surface area contributed by atoms with Crippen molar-refractivity contribution in [3.05, 3.63) is 17.7 Å². The van der Waals surface area contributed by atoms with Crippen LogP contribution in [-0.2, 0) is 0 Å². The van der Waals surface area contributed by atoms with Crippen molar-refractivity contribution in [3.8, 4) is 0 Å². The number of aromatic nitrogens is 4. The first-order chi connectivity index (χ1) is 6.34. The van der Waals surface area contributed by atoms with Crippen molar-refractivity contribution in [2.24, 2.45) is 0 Å². The Hall–Kier alpha value is -1.16. The summed E-state index contributed by atoms with van der Waals surface area (Å²) in [7, 11) is 0. The summed E-state index contributed by atoms with van der Waals surface area (Å²) in [5, 5.41) is 5.50. The van der Waals surface area contributed by atoms with Crippen molar-refractivity contribution >= 4 is 22.6 Å². The molecule has 0 aliphatic heterocycles. The Labute approximate surface area is 79.6 Å². The molecule has 0 unspecified atom stereocenters. The maximum atomic E-state index is 5.71. The molecule has 0 atom stereocenters. The fraction of sp³-hybridized carbons (Fsp3) is 0.375. The summed E-state index contributed by atoms with van der Waals surface area (Å²) in [5.41, 5.74) is 0.850. The minimum absolute atomic E-state index is 0.287. The highest BCUT2D eigenvalue weighted by Crippen LogP contribution is 2.35. The van der Waals surface area contributed by atoms with E-state index in [-0.39, 0.29) is 5.28 Å². The van der Waals surface area contributed by atoms with E-state index < -0.39 is 0 Å². The molecule has 0 bridgehead atoms. The molecule has 0 spiro atoms. The topological polar surface area (TPSA) is 43.6 Å². The Bertz CT molecular complexity index is 460. The van der Waals surface area contributed by atoms with Crippen LogP contribution in [0.2, 0.25) is 5.28 Å². The standard InChI is InChI=1S/C8H7ClN4/c9-8-10-3-5-4-11-13(6-1-2-6)7(5)12-8/h3-4,6H,1-2H2. The molecule has 1 aliphatic carbocycles. The van der Waals surface area contributed by atoms with Crippen molar-refractivity contribution in [1.82, 2.24) is 19.7 Å². The third kappa shape index (κ3) is 1.09. The van der Waals surface area contributed by atoms with E-state index in [2.05, 4.69) is 15.1 Å². The maximum Gasteiger partial charge on any atom is 0.224 e. The Kier molecular flexibility index (Phi) is 1.35. The molecule has 0 amide bonds. The normalized spacial score (nSPS) is 16.7. The van der Waals surface area contributed by atoms with Crippen LogP contribution >= 0.6 is 11.6 Å². The van der Waals surface area contributed by atoms with Gasteiger partial charge in [0, 0.05) is 6.20 Å². The van der Waals surface area contributed by atoms with Crippen LogP contribution < -0.4 is 0 Å². The summed E-state index contributed by atoms with van der Waals surface area (Å²) >= 11 is 5.71. The van der Waals surface area contributed by atoms with Crippen molar-refractivity contribution < 1.29 is 0 Å². The molecule has 1 saturated carbocycles. The molecule has 3 rings (SSSR count). The summed E-state index contributed by atoms with van der Waals surface area (Å²) in [4.78, 5) is 8.05. The van der Waals surface area contributed by atoms with Crippen LogP contribution in [0.1, 0.15) is 18.9 Å². The second kappa shape index (κ2) is 2.42. The Morgan fingerprint density at radius 3 is 3.00 bits per heavy atom. The molecule has 0 aromatic carbocycles. The second-order valence-corrected chi connectivity index (χ2v) is 3.58. The monoisotopic (exact) mass is 194 g/mol. The predicted octanol–water partition coefficient (Wildman–Crippen LogP) is 1.81. The zero-order chi connectivity index (χ0) is 8.84. The molecule has 0 saturated heterocycles. The van der Waals surface area contributed by atoms with Gasteiger partial charge in [-0.05, 0) is 24.4 Å². The van der Waals surface area contributed by atoms with Crippen molar-refractivity contribution in [2.75, 3.05) is 0 Å². The molecular formula is C8H7ClN4. The molecule has 5 heteroatoms. The molecule has 2 aromatic rings. The minimum atomic E-state index is 0.287. The summed E-state index contributed by atoms with van der Waals surface area (Å²) in [6.07, 6.45) is 5.87. The van der Waals surface area contributed by atoms with Crippen LogP contribution in [0, 0.1) is 0 Å². The third-order valence-electron chi connectivity index (χ3n) is 2.20. The van der Waals surface area contributed by atoms with Crippen molar-refractivity contribution in [1.29, 1.82) is 0 Å². The van der Waals surface area contributed by atoms with Crippen LogP contribution in [-0.4, -0.2) is 19.7 Å². The fourth-order valence-corrected chi connectivity index (χ4v) is 1.53. The van der Waals surface area contributed by atoms with Crippen LogP contribution in [0.3, 0.4) is 0 Å². The Morgan fingerprint density at radius 2 is 2.23 bits per heavy atom. The summed E-state index contributed by atoms with van der Waals surface area (Å²) in [6.45, 7) is 0. The largest absolute Gasteiger partial charge is 0.244 e. The lowest BCUT2D eigenvalue weighted by atomic mass is 10.4. The lowest BCUT2D eigenvalue weighted by molar-refractivity contribution is 0.658. The summed E-state index contributed by atoms with van der Waals surface area (Å²) < 4.78 is 1.93. The number of fused-ring (bicyclic) bond motifs is 1. The van der Waals surface area contributed by atoms with Crippen LogP contribution in [0.4, 0.5) is 0 Å². The molecular weight excluding hydrogens is 188 g/mol. The smallest absolute Gasteiger partial charge is 0.224 e. The van der Waals surface area contributed by atoms with Crippen LogP contribution in [0.25, 0.3) is 11.0 Å². The van der Waals surface area contributed by atoms with Gasteiger partial charge in [0.1, 0.15) is 0 Å². The quantitative estimate of drug-likeness (QED) is 0.651. The summed E-state index contributed by atoms with van der Waals surface area (Å²) in [6, 6.07) is 0.531. The zero-order valence-corrected chi connectivity index (χ0v) is 7.57. The first kappa shape index (κ1) is 7.26. The first-order valence-corrected chi connectivity index (χ1v) is 4.58. The molecule has 1 aliphatic rings. The maximum absolute atomic E-state index is 5.71. The van der Waals surface area contributed by atoms with E-state index in [4.69, 9.17) is 11.6 Å². The second-order valence-electron chi connectivity index (χ2n) is 3.24. The SMILES string of the molecule is Clc1ncc2cnn(C3CC3)c2n1. The molecule has 2 heterocycles.